The van der Waals surface area contributed by atoms with Crippen molar-refractivity contribution in [3.05, 3.63) is 34.4 Å². The van der Waals surface area contributed by atoms with Crippen LogP contribution in [0.1, 0.15) is 15.9 Å². The lowest BCUT2D eigenvalue weighted by atomic mass is 10.1. The molecule has 0 N–H and O–H groups in total. The van der Waals surface area contributed by atoms with Gasteiger partial charge < -0.3 is 0 Å². The average molecular weight is 227 g/mol. The highest BCUT2D eigenvalue weighted by Crippen LogP contribution is 2.24. The van der Waals surface area contributed by atoms with Crippen molar-refractivity contribution in [2.45, 2.75) is 6.92 Å². The predicted molar refractivity (Wildman–Crippen MR) is 41.2 cm³/mol. The molecule has 14 heavy (non-hydrogen) atoms. The number of carbonyl (C=O) groups excluding carboxylic acids is 1. The van der Waals surface area contributed by atoms with Gasteiger partial charge in [-0.15, -0.1) is 0 Å². The summed E-state index contributed by atoms with van der Waals surface area (Å²) in [4.78, 5) is 10.5. The molecule has 1 aromatic rings. The van der Waals surface area contributed by atoms with Gasteiger partial charge in [0.1, 0.15) is 5.56 Å². The van der Waals surface area contributed by atoms with Gasteiger partial charge in [-0.1, -0.05) is 0 Å². The number of halogens is 5. The van der Waals surface area contributed by atoms with E-state index in [1.165, 1.54) is 0 Å². The molecule has 0 saturated carbocycles. The Morgan fingerprint density at radius 3 is 1.64 bits per heavy atom. The monoisotopic (exact) mass is 226 g/mol. The van der Waals surface area contributed by atoms with E-state index >= 15 is 0 Å². The lowest BCUT2D eigenvalue weighted by Crippen LogP contribution is -2.08. The Labute approximate surface area is 81.3 Å². The smallest absolute Gasteiger partial charge is 0.258 e. The van der Waals surface area contributed by atoms with E-state index in [4.69, 9.17) is 11.6 Å². The van der Waals surface area contributed by atoms with Crippen molar-refractivity contribution in [3.8, 4) is 0 Å². The van der Waals surface area contributed by atoms with Gasteiger partial charge in [-0.05, 0) is 18.5 Å². The van der Waals surface area contributed by atoms with E-state index < -0.39 is 39.6 Å². The third kappa shape index (κ3) is 1.48. The quantitative estimate of drug-likeness (QED) is 0.409. The van der Waals surface area contributed by atoms with E-state index in [9.17, 15) is 22.4 Å². The fraction of sp³-hybridized carbons (Fsp3) is 0.125. The molecule has 1 rings (SSSR count). The van der Waals surface area contributed by atoms with Crippen LogP contribution in [0.5, 0.6) is 0 Å². The van der Waals surface area contributed by atoms with Gasteiger partial charge in [0.15, 0.2) is 23.3 Å². The van der Waals surface area contributed by atoms with Gasteiger partial charge >= 0.3 is 0 Å². The molecule has 0 radical (unpaired) electrons. The maximum atomic E-state index is 12.9. The normalized spacial score (nSPS) is 10.4. The summed E-state index contributed by atoms with van der Waals surface area (Å²) in [6.45, 7) is 0.847. The molecule has 0 atom stereocenters. The van der Waals surface area contributed by atoms with Crippen molar-refractivity contribution in [2.24, 2.45) is 0 Å². The summed E-state index contributed by atoms with van der Waals surface area (Å²) in [6, 6.07) is 0. The zero-order valence-corrected chi connectivity index (χ0v) is 7.55. The molecule has 0 aliphatic carbocycles. The Hall–Kier alpha value is -1.10. The first kappa shape index (κ1) is 11.0. The van der Waals surface area contributed by atoms with E-state index in [-0.39, 0.29) is 0 Å². The molecule has 0 spiro atoms. The van der Waals surface area contributed by atoms with Crippen LogP contribution in [-0.4, -0.2) is 5.24 Å². The number of hydrogen-bond donors (Lipinski definition) is 0. The molecule has 0 unspecified atom stereocenters. The molecule has 0 aliphatic heterocycles. The SMILES string of the molecule is Cc1c(F)c(F)c(C(=O)Cl)c(F)c1F. The Bertz CT molecular complexity index is 387. The van der Waals surface area contributed by atoms with Gasteiger partial charge in [-0.3, -0.25) is 4.79 Å². The Balaban J connectivity index is 3.68. The fourth-order valence-corrected chi connectivity index (χ4v) is 1.08. The molecule has 0 aromatic heterocycles. The Kier molecular flexibility index (Phi) is 2.80. The molecule has 0 amide bonds. The van der Waals surface area contributed by atoms with E-state index in [1.807, 2.05) is 0 Å². The van der Waals surface area contributed by atoms with Crippen molar-refractivity contribution in [2.75, 3.05) is 0 Å². The Morgan fingerprint density at radius 2 is 1.36 bits per heavy atom. The summed E-state index contributed by atoms with van der Waals surface area (Å²) in [5, 5.41) is -1.59. The second-order valence-corrected chi connectivity index (χ2v) is 2.87. The minimum Gasteiger partial charge on any atom is -0.275 e. The first-order chi connectivity index (χ1) is 6.37. The first-order valence-corrected chi connectivity index (χ1v) is 3.78. The topological polar surface area (TPSA) is 17.1 Å². The minimum absolute atomic E-state index is 0.832. The van der Waals surface area contributed by atoms with Crippen molar-refractivity contribution in [1.29, 1.82) is 0 Å². The molecule has 0 saturated heterocycles. The summed E-state index contributed by atoms with van der Waals surface area (Å²) >= 11 is 4.76. The summed E-state index contributed by atoms with van der Waals surface area (Å²) in [6.07, 6.45) is 0. The summed E-state index contributed by atoms with van der Waals surface area (Å²) in [7, 11) is 0. The van der Waals surface area contributed by atoms with E-state index in [2.05, 4.69) is 0 Å². The second-order valence-electron chi connectivity index (χ2n) is 2.53. The lowest BCUT2D eigenvalue weighted by molar-refractivity contribution is 0.107. The van der Waals surface area contributed by atoms with Crippen molar-refractivity contribution in [1.82, 2.24) is 0 Å². The van der Waals surface area contributed by atoms with Crippen LogP contribution in [0.4, 0.5) is 17.6 Å². The van der Waals surface area contributed by atoms with Crippen molar-refractivity contribution in [3.63, 3.8) is 0 Å². The molecule has 0 fully saturated rings. The minimum atomic E-state index is -1.78. The highest BCUT2D eigenvalue weighted by atomic mass is 35.5. The molecule has 0 bridgehead atoms. The van der Waals surface area contributed by atoms with Gasteiger partial charge in [0.2, 0.25) is 0 Å². The molecule has 1 nitrogen and oxygen atoms in total. The highest BCUT2D eigenvalue weighted by Gasteiger charge is 2.26. The number of carbonyl (C=O) groups is 1. The molecule has 76 valence electrons. The van der Waals surface area contributed by atoms with Gasteiger partial charge in [-0.25, -0.2) is 17.6 Å². The number of rotatable bonds is 1. The van der Waals surface area contributed by atoms with Crippen LogP contribution in [0.2, 0.25) is 0 Å². The second kappa shape index (κ2) is 3.57. The van der Waals surface area contributed by atoms with Crippen molar-refractivity contribution < 1.29 is 22.4 Å². The van der Waals surface area contributed by atoms with Crippen LogP contribution in [0.25, 0.3) is 0 Å². The van der Waals surface area contributed by atoms with Gasteiger partial charge in [-0.2, -0.15) is 0 Å². The fourth-order valence-electron chi connectivity index (χ4n) is 0.914. The van der Waals surface area contributed by atoms with Crippen LogP contribution >= 0.6 is 11.6 Å². The third-order valence-electron chi connectivity index (χ3n) is 1.68. The van der Waals surface area contributed by atoms with Crippen LogP contribution in [-0.2, 0) is 0 Å². The molecule has 0 heterocycles. The van der Waals surface area contributed by atoms with E-state index in [0.29, 0.717) is 0 Å². The number of hydrogen-bond acceptors (Lipinski definition) is 1. The molecule has 6 heteroatoms. The zero-order valence-electron chi connectivity index (χ0n) is 6.80. The first-order valence-electron chi connectivity index (χ1n) is 3.40. The Morgan fingerprint density at radius 1 is 1.00 bits per heavy atom. The standard InChI is InChI=1S/C8H3ClF4O/c1-2-4(10)6(12)3(8(9)14)7(13)5(2)11/h1H3. The van der Waals surface area contributed by atoms with E-state index in [0.717, 1.165) is 6.92 Å². The largest absolute Gasteiger partial charge is 0.275 e. The van der Waals surface area contributed by atoms with Crippen LogP contribution < -0.4 is 0 Å². The van der Waals surface area contributed by atoms with Gasteiger partial charge in [0.05, 0.1) is 0 Å². The summed E-state index contributed by atoms with van der Waals surface area (Å²) < 4.78 is 51.3. The lowest BCUT2D eigenvalue weighted by Gasteiger charge is -2.05. The highest BCUT2D eigenvalue weighted by molar-refractivity contribution is 6.67. The van der Waals surface area contributed by atoms with Crippen LogP contribution in [0, 0.1) is 30.2 Å². The predicted octanol–water partition coefficient (Wildman–Crippen LogP) is 2.93. The van der Waals surface area contributed by atoms with Crippen LogP contribution in [0.15, 0.2) is 0 Å². The van der Waals surface area contributed by atoms with Gasteiger partial charge in [0, 0.05) is 5.56 Å². The number of benzene rings is 1. The molecule has 0 aliphatic rings. The maximum Gasteiger partial charge on any atom is 0.258 e. The average Bonchev–Trinajstić information content (AvgIpc) is 2.11. The van der Waals surface area contributed by atoms with Gasteiger partial charge in [0.25, 0.3) is 5.24 Å². The van der Waals surface area contributed by atoms with Crippen LogP contribution in [0.3, 0.4) is 0 Å². The maximum absolute atomic E-state index is 12.9. The molecular weight excluding hydrogens is 224 g/mol. The molecule has 1 aromatic carbocycles. The summed E-state index contributed by atoms with van der Waals surface area (Å²) in [5.41, 5.74) is -2.24. The third-order valence-corrected chi connectivity index (χ3v) is 1.87. The van der Waals surface area contributed by atoms with Crippen molar-refractivity contribution >= 4 is 16.8 Å². The molecular formula is C8H3ClF4O. The zero-order chi connectivity index (χ0) is 11.0. The van der Waals surface area contributed by atoms with E-state index in [1.54, 1.807) is 0 Å². The summed E-state index contributed by atoms with van der Waals surface area (Å²) in [5.74, 6) is -6.79.